The minimum atomic E-state index is -1.24. The molecule has 0 aliphatic heterocycles. The molecule has 0 aliphatic carbocycles. The summed E-state index contributed by atoms with van der Waals surface area (Å²) in [4.78, 5) is 4.86. The van der Waals surface area contributed by atoms with Gasteiger partial charge in [0.05, 0.1) is 14.1 Å². The van der Waals surface area contributed by atoms with E-state index in [1.165, 1.54) is 48.5 Å². The summed E-state index contributed by atoms with van der Waals surface area (Å²) >= 11 is 0. The van der Waals surface area contributed by atoms with Crippen LogP contribution in [0.4, 0.5) is 0 Å². The van der Waals surface area contributed by atoms with Crippen LogP contribution in [0.2, 0.25) is 18.1 Å². The number of benzene rings is 1. The van der Waals surface area contributed by atoms with Gasteiger partial charge in [0.2, 0.25) is 0 Å². The van der Waals surface area contributed by atoms with Crippen LogP contribution >= 0.6 is 0 Å². The van der Waals surface area contributed by atoms with Crippen molar-refractivity contribution in [2.24, 2.45) is 4.99 Å². The van der Waals surface area contributed by atoms with Crippen LogP contribution in [-0.4, -0.2) is 14.3 Å². The summed E-state index contributed by atoms with van der Waals surface area (Å²) in [5.41, 5.74) is 5.43. The lowest BCUT2D eigenvalue weighted by Gasteiger charge is -2.25. The number of nitrogens with zero attached hydrogens (tertiary/aromatic N) is 1. The molecule has 0 unspecified atom stereocenters. The third-order valence-electron chi connectivity index (χ3n) is 5.17. The van der Waals surface area contributed by atoms with E-state index in [4.69, 9.17) is 4.99 Å². The summed E-state index contributed by atoms with van der Waals surface area (Å²) < 4.78 is 0. The maximum absolute atomic E-state index is 4.86. The molecular weight excluding hydrogens is 294 g/mol. The summed E-state index contributed by atoms with van der Waals surface area (Å²) in [6.07, 6.45) is 5.86. The van der Waals surface area contributed by atoms with Crippen molar-refractivity contribution in [2.75, 3.05) is 0 Å². The van der Waals surface area contributed by atoms with Crippen LogP contribution in [0.25, 0.3) is 0 Å². The molecule has 1 atom stereocenters. The van der Waals surface area contributed by atoms with Crippen molar-refractivity contribution >= 4 is 14.3 Å². The molecule has 0 fully saturated rings. The Kier molecular flexibility index (Phi) is 9.16. The highest BCUT2D eigenvalue weighted by Gasteiger charge is 2.24. The second kappa shape index (κ2) is 10.6. The van der Waals surface area contributed by atoms with E-state index in [9.17, 15) is 0 Å². The molecule has 0 heterocycles. The Morgan fingerprint density at radius 3 is 2.17 bits per heavy atom. The third kappa shape index (κ3) is 6.46. The summed E-state index contributed by atoms with van der Waals surface area (Å²) in [7, 11) is -1.24. The van der Waals surface area contributed by atoms with Crippen molar-refractivity contribution < 1.29 is 0 Å². The normalized spacial score (nSPS) is 14.4. The molecule has 0 N–H and O–H groups in total. The van der Waals surface area contributed by atoms with Gasteiger partial charge in [-0.25, -0.2) is 0 Å². The predicted molar refractivity (Wildman–Crippen MR) is 108 cm³/mol. The Morgan fingerprint density at radius 1 is 1.04 bits per heavy atom. The number of unbranched alkanes of at least 4 members (excludes halogenated alkanes) is 1. The fourth-order valence-corrected chi connectivity index (χ4v) is 6.15. The van der Waals surface area contributed by atoms with Gasteiger partial charge < -0.3 is 0 Å². The van der Waals surface area contributed by atoms with Gasteiger partial charge in [-0.2, -0.15) is 0 Å². The van der Waals surface area contributed by atoms with Gasteiger partial charge in [-0.3, -0.25) is 4.99 Å². The van der Waals surface area contributed by atoms with Crippen molar-refractivity contribution in [2.45, 2.75) is 78.1 Å². The van der Waals surface area contributed by atoms with Gasteiger partial charge in [-0.05, 0) is 30.9 Å². The van der Waals surface area contributed by atoms with Gasteiger partial charge in [0.1, 0.15) is 0 Å². The monoisotopic (exact) mass is 329 g/mol. The zero-order valence-corrected chi connectivity index (χ0v) is 16.8. The molecule has 1 aromatic carbocycles. The molecule has 0 aliphatic rings. The molecule has 23 heavy (non-hydrogen) atoms. The van der Waals surface area contributed by atoms with E-state index in [2.05, 4.69) is 76.9 Å². The third-order valence-corrected chi connectivity index (χ3v) is 10.4. The lowest BCUT2D eigenvalue weighted by atomic mass is 10.1. The molecule has 0 amide bonds. The highest BCUT2D eigenvalue weighted by Crippen LogP contribution is 2.25. The van der Waals surface area contributed by atoms with Crippen LogP contribution in [0.5, 0.6) is 0 Å². The first-order chi connectivity index (χ1) is 11.1. The maximum Gasteiger partial charge on any atom is 0.0774 e. The Bertz CT molecular complexity index is 478. The number of aliphatic imine (C=N–C) groups is 1. The van der Waals surface area contributed by atoms with Gasteiger partial charge in [-0.1, -0.05) is 88.3 Å². The summed E-state index contributed by atoms with van der Waals surface area (Å²) in [6, 6.07) is 14.9. The molecule has 0 radical (unpaired) electrons. The number of rotatable bonds is 10. The van der Waals surface area contributed by atoms with Crippen molar-refractivity contribution in [1.29, 1.82) is 0 Å². The molecule has 0 bridgehead atoms. The second-order valence-corrected chi connectivity index (χ2v) is 11.7. The van der Waals surface area contributed by atoms with E-state index in [1.54, 1.807) is 0 Å². The smallest absolute Gasteiger partial charge is 0.0774 e. The zero-order chi connectivity index (χ0) is 17.1. The largest absolute Gasteiger partial charge is 0.285 e. The fraction of sp³-hybridized carbons (Fsp3) is 0.571. The fourth-order valence-electron chi connectivity index (χ4n) is 3.03. The van der Waals surface area contributed by atoms with Crippen LogP contribution < -0.4 is 0 Å². The average Bonchev–Trinajstić information content (AvgIpc) is 2.62. The highest BCUT2D eigenvalue weighted by molar-refractivity contribution is 6.84. The average molecular weight is 330 g/mol. The minimum Gasteiger partial charge on any atom is -0.285 e. The van der Waals surface area contributed by atoms with E-state index in [0.717, 1.165) is 0 Å². The van der Waals surface area contributed by atoms with Crippen LogP contribution in [0.1, 0.15) is 65.5 Å². The highest BCUT2D eigenvalue weighted by atomic mass is 28.3. The molecule has 0 spiro atoms. The first-order valence-electron chi connectivity index (χ1n) is 9.40. The van der Waals surface area contributed by atoms with Gasteiger partial charge >= 0.3 is 0 Å². The van der Waals surface area contributed by atoms with Crippen LogP contribution in [-0.2, 0) is 0 Å². The molecule has 2 heteroatoms. The number of hydrogen-bond donors (Lipinski definition) is 0. The number of allylic oxidation sites excluding steroid dienone is 1. The van der Waals surface area contributed by atoms with Gasteiger partial charge in [0, 0.05) is 6.21 Å². The molecule has 0 aromatic heterocycles. The van der Waals surface area contributed by atoms with Crippen LogP contribution in [0.15, 0.2) is 46.6 Å². The first-order valence-corrected chi connectivity index (χ1v) is 12.1. The van der Waals surface area contributed by atoms with Crippen molar-refractivity contribution in [3.05, 3.63) is 47.2 Å². The minimum absolute atomic E-state index is 0.238. The Labute approximate surface area is 144 Å². The topological polar surface area (TPSA) is 12.4 Å². The molecule has 0 saturated heterocycles. The number of hydrogen-bond acceptors (Lipinski definition) is 1. The van der Waals surface area contributed by atoms with Crippen LogP contribution in [0.3, 0.4) is 0 Å². The summed E-state index contributed by atoms with van der Waals surface area (Å²) in [5, 5.41) is 0. The second-order valence-electron chi connectivity index (χ2n) is 6.61. The van der Waals surface area contributed by atoms with Crippen molar-refractivity contribution in [3.63, 3.8) is 0 Å². The molecule has 1 rings (SSSR count). The van der Waals surface area contributed by atoms with E-state index >= 15 is 0 Å². The maximum atomic E-state index is 4.86. The molecule has 1 nitrogen and oxygen atoms in total. The van der Waals surface area contributed by atoms with Crippen LogP contribution in [0, 0.1) is 0 Å². The Hall–Kier alpha value is -1.15. The summed E-state index contributed by atoms with van der Waals surface area (Å²) in [5.74, 6) is 0. The van der Waals surface area contributed by atoms with Gasteiger partial charge in [0.15, 0.2) is 0 Å². The summed E-state index contributed by atoms with van der Waals surface area (Å²) in [6.45, 7) is 11.6. The SMILES string of the molecule is CCCC/C(C=N[C@H](C)c1ccccc1)=C/[Si](CC)(CC)CC. The Balaban J connectivity index is 2.95. The van der Waals surface area contributed by atoms with Crippen molar-refractivity contribution in [3.8, 4) is 0 Å². The van der Waals surface area contributed by atoms with E-state index < -0.39 is 8.07 Å². The van der Waals surface area contributed by atoms with Gasteiger partial charge in [0.25, 0.3) is 0 Å². The Morgan fingerprint density at radius 2 is 1.65 bits per heavy atom. The van der Waals surface area contributed by atoms with E-state index in [0.29, 0.717) is 0 Å². The van der Waals surface area contributed by atoms with Gasteiger partial charge in [-0.15, -0.1) is 0 Å². The molecule has 0 saturated carbocycles. The first kappa shape index (κ1) is 19.9. The zero-order valence-electron chi connectivity index (χ0n) is 15.8. The molecule has 1 aromatic rings. The lowest BCUT2D eigenvalue weighted by molar-refractivity contribution is 0.796. The van der Waals surface area contributed by atoms with E-state index in [1.807, 2.05) is 0 Å². The van der Waals surface area contributed by atoms with E-state index in [-0.39, 0.29) is 6.04 Å². The quantitative estimate of drug-likeness (QED) is 0.324. The van der Waals surface area contributed by atoms with Crippen molar-refractivity contribution in [1.82, 2.24) is 0 Å². The standard InChI is InChI=1S/C21H35NSi/c1-6-10-14-20(18-23(7-2,8-3)9-4)17-22-19(5)21-15-12-11-13-16-21/h11-13,15-19H,6-10,14H2,1-5H3/b20-18-,22-17?/t19-/m1/s1. The molecule has 128 valence electrons. The lowest BCUT2D eigenvalue weighted by Crippen LogP contribution is -2.29. The predicted octanol–water partition coefficient (Wildman–Crippen LogP) is 6.98. The molecular formula is C21H35NSi.